The third kappa shape index (κ3) is 8.89. The van der Waals surface area contributed by atoms with E-state index in [1.54, 1.807) is 64.3 Å². The summed E-state index contributed by atoms with van der Waals surface area (Å²) in [5, 5.41) is 2.89. The maximum atomic E-state index is 13.1. The van der Waals surface area contributed by atoms with Crippen molar-refractivity contribution in [1.82, 2.24) is 5.32 Å². The zero-order valence-electron chi connectivity index (χ0n) is 22.9. The number of methoxy groups -OCH3 is 1. The highest BCUT2D eigenvalue weighted by Crippen LogP contribution is 2.32. The molecule has 208 valence electrons. The summed E-state index contributed by atoms with van der Waals surface area (Å²) in [5.74, 6) is 0.750. The van der Waals surface area contributed by atoms with Crippen LogP contribution >= 0.6 is 0 Å². The first-order valence-electron chi connectivity index (χ1n) is 12.8. The lowest BCUT2D eigenvalue weighted by atomic mass is 9.89. The number of benzene rings is 3. The van der Waals surface area contributed by atoms with Gasteiger partial charge in [-0.05, 0) is 63.1 Å². The summed E-state index contributed by atoms with van der Waals surface area (Å²) in [7, 11) is -1.97. The van der Waals surface area contributed by atoms with Crippen molar-refractivity contribution in [3.63, 3.8) is 0 Å². The summed E-state index contributed by atoms with van der Waals surface area (Å²) in [6.45, 7) is 9.64. The summed E-state index contributed by atoms with van der Waals surface area (Å²) in [4.78, 5) is 13.0. The number of hydrogen-bond acceptors (Lipinski definition) is 6. The standard InChI is InChI=1S/C31H37NO6S/c1-6-26(27-14-10-11-15-29(27)37-22-23-16-18-24(36-5)19-17-23)28(32-30(33)38-31(2,3)4)20-21-39(34,35)25-12-8-7-9-13-25/h6-19,26,28H,1,20-22H2,2-5H3,(H,32,33)/t26-,28?/m0/s1. The molecule has 3 rings (SSSR count). The minimum Gasteiger partial charge on any atom is -0.497 e. The van der Waals surface area contributed by atoms with E-state index in [2.05, 4.69) is 11.9 Å². The van der Waals surface area contributed by atoms with Crippen LogP contribution in [0.25, 0.3) is 0 Å². The zero-order chi connectivity index (χ0) is 28.5. The third-order valence-electron chi connectivity index (χ3n) is 6.02. The number of amides is 1. The fourth-order valence-corrected chi connectivity index (χ4v) is 5.48. The monoisotopic (exact) mass is 551 g/mol. The number of sulfone groups is 1. The van der Waals surface area contributed by atoms with Crippen molar-refractivity contribution >= 4 is 15.9 Å². The van der Waals surface area contributed by atoms with E-state index in [1.807, 2.05) is 48.5 Å². The van der Waals surface area contributed by atoms with Gasteiger partial charge in [0.15, 0.2) is 9.84 Å². The predicted octanol–water partition coefficient (Wildman–Crippen LogP) is 6.30. The molecule has 2 atom stereocenters. The molecule has 1 amide bonds. The summed E-state index contributed by atoms with van der Waals surface area (Å²) in [6, 6.07) is 22.7. The molecule has 0 heterocycles. The lowest BCUT2D eigenvalue weighted by Crippen LogP contribution is -2.43. The molecule has 0 saturated carbocycles. The highest BCUT2D eigenvalue weighted by Gasteiger charge is 2.29. The van der Waals surface area contributed by atoms with Crippen molar-refractivity contribution in [2.45, 2.75) is 56.3 Å². The van der Waals surface area contributed by atoms with Crippen LogP contribution in [0.5, 0.6) is 11.5 Å². The molecule has 0 aliphatic carbocycles. The Balaban J connectivity index is 1.87. The van der Waals surface area contributed by atoms with Crippen LogP contribution in [0, 0.1) is 0 Å². The van der Waals surface area contributed by atoms with Crippen molar-refractivity contribution in [2.24, 2.45) is 0 Å². The van der Waals surface area contributed by atoms with Crippen LogP contribution in [0.1, 0.15) is 44.2 Å². The van der Waals surface area contributed by atoms with Gasteiger partial charge in [0.25, 0.3) is 0 Å². The lowest BCUT2D eigenvalue weighted by molar-refractivity contribution is 0.0498. The molecule has 0 bridgehead atoms. The Kier molecular flexibility index (Phi) is 10.2. The normalized spacial score (nSPS) is 13.1. The van der Waals surface area contributed by atoms with Crippen molar-refractivity contribution in [2.75, 3.05) is 12.9 Å². The molecule has 0 radical (unpaired) electrons. The Hall–Kier alpha value is -3.78. The first-order valence-corrected chi connectivity index (χ1v) is 14.4. The molecule has 8 heteroatoms. The van der Waals surface area contributed by atoms with Crippen LogP contribution in [0.15, 0.2) is 96.4 Å². The molecule has 0 fully saturated rings. The summed E-state index contributed by atoms with van der Waals surface area (Å²) < 4.78 is 43.0. The largest absolute Gasteiger partial charge is 0.497 e. The highest BCUT2D eigenvalue weighted by molar-refractivity contribution is 7.91. The molecule has 0 spiro atoms. The van der Waals surface area contributed by atoms with Gasteiger partial charge in [-0.15, -0.1) is 6.58 Å². The van der Waals surface area contributed by atoms with Crippen molar-refractivity contribution in [3.8, 4) is 11.5 Å². The van der Waals surface area contributed by atoms with Gasteiger partial charge >= 0.3 is 6.09 Å². The zero-order valence-corrected chi connectivity index (χ0v) is 23.7. The molecule has 1 unspecified atom stereocenters. The number of carbonyl (C=O) groups excluding carboxylic acids is 1. The number of rotatable bonds is 12. The molecule has 0 aliphatic rings. The molecule has 1 N–H and O–H groups in total. The lowest BCUT2D eigenvalue weighted by Gasteiger charge is -2.29. The van der Waals surface area contributed by atoms with E-state index in [4.69, 9.17) is 14.2 Å². The Morgan fingerprint density at radius 3 is 2.23 bits per heavy atom. The summed E-state index contributed by atoms with van der Waals surface area (Å²) >= 11 is 0. The molecule has 0 aliphatic heterocycles. The second-order valence-corrected chi connectivity index (χ2v) is 12.2. The van der Waals surface area contributed by atoms with Crippen LogP contribution in [-0.4, -0.2) is 39.0 Å². The number of para-hydroxylation sites is 1. The van der Waals surface area contributed by atoms with Crippen LogP contribution < -0.4 is 14.8 Å². The third-order valence-corrected chi connectivity index (χ3v) is 7.78. The van der Waals surface area contributed by atoms with E-state index in [0.717, 1.165) is 16.9 Å². The summed E-state index contributed by atoms with van der Waals surface area (Å²) in [5.41, 5.74) is 1.02. The Bertz CT molecular complexity index is 1330. The minimum absolute atomic E-state index is 0.139. The van der Waals surface area contributed by atoms with E-state index in [9.17, 15) is 13.2 Å². The Morgan fingerprint density at radius 1 is 0.974 bits per heavy atom. The van der Waals surface area contributed by atoms with E-state index >= 15 is 0 Å². The Labute approximate surface area is 231 Å². The van der Waals surface area contributed by atoms with Crippen molar-refractivity contribution < 1.29 is 27.4 Å². The van der Waals surface area contributed by atoms with Gasteiger partial charge in [-0.25, -0.2) is 13.2 Å². The van der Waals surface area contributed by atoms with Crippen LogP contribution in [0.4, 0.5) is 4.79 Å². The fourth-order valence-electron chi connectivity index (χ4n) is 4.11. The van der Waals surface area contributed by atoms with Crippen LogP contribution in [-0.2, 0) is 21.2 Å². The molecule has 0 saturated heterocycles. The fraction of sp³-hybridized carbons (Fsp3) is 0.323. The minimum atomic E-state index is -3.58. The first-order chi connectivity index (χ1) is 18.5. The van der Waals surface area contributed by atoms with E-state index < -0.39 is 33.5 Å². The Morgan fingerprint density at radius 2 is 1.62 bits per heavy atom. The topological polar surface area (TPSA) is 90.9 Å². The molecular weight excluding hydrogens is 514 g/mol. The number of hydrogen-bond donors (Lipinski definition) is 1. The van der Waals surface area contributed by atoms with Gasteiger partial charge < -0.3 is 19.5 Å². The summed E-state index contributed by atoms with van der Waals surface area (Å²) in [6.07, 6.45) is 1.21. The molecule has 3 aromatic carbocycles. The second-order valence-electron chi connectivity index (χ2n) is 10.1. The average molecular weight is 552 g/mol. The predicted molar refractivity (Wildman–Crippen MR) is 153 cm³/mol. The van der Waals surface area contributed by atoms with E-state index in [-0.39, 0.29) is 17.1 Å². The van der Waals surface area contributed by atoms with Gasteiger partial charge in [0.1, 0.15) is 23.7 Å². The van der Waals surface area contributed by atoms with E-state index in [1.165, 1.54) is 0 Å². The highest BCUT2D eigenvalue weighted by atomic mass is 32.2. The van der Waals surface area contributed by atoms with Gasteiger partial charge in [-0.1, -0.05) is 54.6 Å². The van der Waals surface area contributed by atoms with Crippen molar-refractivity contribution in [1.29, 1.82) is 0 Å². The molecule has 39 heavy (non-hydrogen) atoms. The smallest absolute Gasteiger partial charge is 0.407 e. The maximum Gasteiger partial charge on any atom is 0.407 e. The first kappa shape index (κ1) is 29.8. The van der Waals surface area contributed by atoms with Gasteiger partial charge in [-0.3, -0.25) is 0 Å². The van der Waals surface area contributed by atoms with Gasteiger partial charge in [0, 0.05) is 17.5 Å². The quantitative estimate of drug-likeness (QED) is 0.266. The number of ether oxygens (including phenoxy) is 3. The van der Waals surface area contributed by atoms with Gasteiger partial charge in [0.05, 0.1) is 17.8 Å². The second kappa shape index (κ2) is 13.3. The SMILES string of the molecule is C=C[C@@H](c1ccccc1OCc1ccc(OC)cc1)C(CCS(=O)(=O)c1ccccc1)NC(=O)OC(C)(C)C. The maximum absolute atomic E-state index is 13.1. The average Bonchev–Trinajstić information content (AvgIpc) is 2.91. The molecule has 7 nitrogen and oxygen atoms in total. The number of alkyl carbamates (subject to hydrolysis) is 1. The molecule has 0 aromatic heterocycles. The molecule has 3 aromatic rings. The van der Waals surface area contributed by atoms with Crippen LogP contribution in [0.3, 0.4) is 0 Å². The van der Waals surface area contributed by atoms with Gasteiger partial charge in [-0.2, -0.15) is 0 Å². The van der Waals surface area contributed by atoms with Crippen molar-refractivity contribution in [3.05, 3.63) is 103 Å². The number of carbonyl (C=O) groups is 1. The van der Waals surface area contributed by atoms with Gasteiger partial charge in [0.2, 0.25) is 0 Å². The van der Waals surface area contributed by atoms with E-state index in [0.29, 0.717) is 12.4 Å². The van der Waals surface area contributed by atoms with Crippen LogP contribution in [0.2, 0.25) is 0 Å². The number of nitrogens with one attached hydrogen (secondary N) is 1. The molecular formula is C31H37NO6S.